The van der Waals surface area contributed by atoms with Crippen LogP contribution in [0.3, 0.4) is 0 Å². The molecule has 4 nitrogen and oxygen atoms in total. The van der Waals surface area contributed by atoms with Gasteiger partial charge >= 0.3 is 0 Å². The lowest BCUT2D eigenvalue weighted by molar-refractivity contribution is 0.442. The molecule has 1 saturated heterocycles. The minimum Gasteiger partial charge on any atom is -0.195 e. The summed E-state index contributed by atoms with van der Waals surface area (Å²) in [6, 6.07) is 3.86. The molecule has 2 heterocycles. The molecule has 2 rings (SSSR count). The number of thiophene rings is 1. The molecular formula is C8H11BrN2O2S2. The molecule has 0 N–H and O–H groups in total. The highest BCUT2D eigenvalue weighted by molar-refractivity contribution is 9.11. The predicted molar refractivity (Wildman–Crippen MR) is 64.0 cm³/mol. The van der Waals surface area contributed by atoms with E-state index >= 15 is 0 Å². The second-order valence-corrected chi connectivity index (χ2v) is 7.95. The summed E-state index contributed by atoms with van der Waals surface area (Å²) >= 11 is 4.91. The number of halogens is 1. The second-order valence-electron chi connectivity index (χ2n) is 3.37. The molecule has 0 unspecified atom stereocenters. The smallest absolute Gasteiger partial charge is 0.195 e. The quantitative estimate of drug-likeness (QED) is 0.791. The highest BCUT2D eigenvalue weighted by Crippen LogP contribution is 2.25. The van der Waals surface area contributed by atoms with Crippen molar-refractivity contribution in [2.45, 2.75) is 6.54 Å². The van der Waals surface area contributed by atoms with Gasteiger partial charge in [0.15, 0.2) is 0 Å². The van der Waals surface area contributed by atoms with Crippen LogP contribution in [0.5, 0.6) is 0 Å². The van der Waals surface area contributed by atoms with E-state index in [1.165, 1.54) is 8.61 Å². The lowest BCUT2D eigenvalue weighted by Gasteiger charge is -2.15. The molecule has 1 aliphatic heterocycles. The SMILES string of the molecule is CN(Cc1ccc(Br)s1)S(=O)(=O)N1CC1. The summed E-state index contributed by atoms with van der Waals surface area (Å²) in [5.74, 6) is 0. The second kappa shape index (κ2) is 4.14. The molecule has 1 fully saturated rings. The van der Waals surface area contributed by atoms with Crippen molar-refractivity contribution in [1.29, 1.82) is 0 Å². The van der Waals surface area contributed by atoms with E-state index in [1.54, 1.807) is 18.4 Å². The zero-order valence-electron chi connectivity index (χ0n) is 8.18. The first-order valence-electron chi connectivity index (χ1n) is 4.46. The van der Waals surface area contributed by atoms with Crippen molar-refractivity contribution in [1.82, 2.24) is 8.61 Å². The monoisotopic (exact) mass is 310 g/mol. The number of rotatable bonds is 4. The molecule has 0 atom stereocenters. The molecule has 7 heteroatoms. The molecule has 0 bridgehead atoms. The Morgan fingerprint density at radius 2 is 2.20 bits per heavy atom. The van der Waals surface area contributed by atoms with E-state index in [0.29, 0.717) is 19.6 Å². The summed E-state index contributed by atoms with van der Waals surface area (Å²) in [7, 11) is -1.58. The summed E-state index contributed by atoms with van der Waals surface area (Å²) in [6.07, 6.45) is 0. The summed E-state index contributed by atoms with van der Waals surface area (Å²) < 4.78 is 27.4. The van der Waals surface area contributed by atoms with Crippen LogP contribution in [-0.4, -0.2) is 37.2 Å². The van der Waals surface area contributed by atoms with Gasteiger partial charge in [0.05, 0.1) is 3.79 Å². The van der Waals surface area contributed by atoms with Gasteiger partial charge in [-0.3, -0.25) is 0 Å². The lowest BCUT2D eigenvalue weighted by Crippen LogP contribution is -2.31. The van der Waals surface area contributed by atoms with Crippen LogP contribution >= 0.6 is 27.3 Å². The van der Waals surface area contributed by atoms with Crippen LogP contribution in [0.15, 0.2) is 15.9 Å². The predicted octanol–water partition coefficient (Wildman–Crippen LogP) is 1.50. The Hall–Kier alpha value is 0.0500. The van der Waals surface area contributed by atoms with Crippen LogP contribution in [0.2, 0.25) is 0 Å². The molecule has 0 aromatic carbocycles. The van der Waals surface area contributed by atoms with Crippen molar-refractivity contribution in [3.63, 3.8) is 0 Å². The van der Waals surface area contributed by atoms with Crippen molar-refractivity contribution in [2.75, 3.05) is 20.1 Å². The van der Waals surface area contributed by atoms with Crippen molar-refractivity contribution in [3.8, 4) is 0 Å². The topological polar surface area (TPSA) is 40.4 Å². The Labute approximate surface area is 102 Å². The van der Waals surface area contributed by atoms with Gasteiger partial charge in [0, 0.05) is 31.6 Å². The lowest BCUT2D eigenvalue weighted by atomic mass is 10.5. The minimum absolute atomic E-state index is 0.440. The molecular weight excluding hydrogens is 300 g/mol. The van der Waals surface area contributed by atoms with E-state index in [-0.39, 0.29) is 0 Å². The van der Waals surface area contributed by atoms with Crippen molar-refractivity contribution in [3.05, 3.63) is 20.8 Å². The standard InChI is InChI=1S/C8H11BrN2O2S2/c1-10(15(12,13)11-4-5-11)6-7-2-3-8(9)14-7/h2-3H,4-6H2,1H3. The van der Waals surface area contributed by atoms with E-state index in [2.05, 4.69) is 15.9 Å². The van der Waals surface area contributed by atoms with E-state index in [0.717, 1.165) is 8.66 Å². The third-order valence-electron chi connectivity index (χ3n) is 2.13. The molecule has 1 aliphatic rings. The zero-order valence-corrected chi connectivity index (χ0v) is 11.4. The van der Waals surface area contributed by atoms with Crippen molar-refractivity contribution >= 4 is 37.5 Å². The molecule has 0 amide bonds. The molecule has 0 radical (unpaired) electrons. The van der Waals surface area contributed by atoms with E-state index < -0.39 is 10.2 Å². The Balaban J connectivity index is 2.06. The van der Waals surface area contributed by atoms with Crippen molar-refractivity contribution < 1.29 is 8.42 Å². The van der Waals surface area contributed by atoms with Crippen LogP contribution in [0.1, 0.15) is 4.88 Å². The third-order valence-corrected chi connectivity index (χ3v) is 5.68. The first-order chi connectivity index (χ1) is 7.00. The number of nitrogens with zero attached hydrogens (tertiary/aromatic N) is 2. The Kier molecular flexibility index (Phi) is 3.18. The summed E-state index contributed by atoms with van der Waals surface area (Å²) in [4.78, 5) is 1.04. The van der Waals surface area contributed by atoms with Gasteiger partial charge in [0.25, 0.3) is 10.2 Å². The molecule has 1 aromatic heterocycles. The molecule has 15 heavy (non-hydrogen) atoms. The Morgan fingerprint density at radius 1 is 1.53 bits per heavy atom. The largest absolute Gasteiger partial charge is 0.282 e. The number of hydrogen-bond acceptors (Lipinski definition) is 3. The van der Waals surface area contributed by atoms with Gasteiger partial charge in [-0.15, -0.1) is 11.3 Å². The van der Waals surface area contributed by atoms with Crippen LogP contribution < -0.4 is 0 Å². The highest BCUT2D eigenvalue weighted by Gasteiger charge is 2.35. The fraction of sp³-hybridized carbons (Fsp3) is 0.500. The first-order valence-corrected chi connectivity index (χ1v) is 7.46. The van der Waals surface area contributed by atoms with Crippen LogP contribution in [0.4, 0.5) is 0 Å². The molecule has 0 saturated carbocycles. The van der Waals surface area contributed by atoms with Gasteiger partial charge in [0.1, 0.15) is 0 Å². The fourth-order valence-corrected chi connectivity index (χ4v) is 4.06. The number of hydrogen-bond donors (Lipinski definition) is 0. The van der Waals surface area contributed by atoms with Crippen molar-refractivity contribution in [2.24, 2.45) is 0 Å². The summed E-state index contributed by atoms with van der Waals surface area (Å²) in [6.45, 7) is 1.75. The zero-order chi connectivity index (χ0) is 11.1. The van der Waals surface area contributed by atoms with E-state index in [4.69, 9.17) is 0 Å². The van der Waals surface area contributed by atoms with Crippen LogP contribution in [0.25, 0.3) is 0 Å². The van der Waals surface area contributed by atoms with Gasteiger partial charge in [-0.1, -0.05) is 0 Å². The molecule has 0 spiro atoms. The summed E-state index contributed by atoms with van der Waals surface area (Å²) in [5.41, 5.74) is 0. The average Bonchev–Trinajstić information content (AvgIpc) is 2.92. The maximum absolute atomic E-state index is 11.7. The van der Waals surface area contributed by atoms with Gasteiger partial charge in [-0.2, -0.15) is 17.0 Å². The normalized spacial score (nSPS) is 17.3. The van der Waals surface area contributed by atoms with E-state index in [9.17, 15) is 8.42 Å². The molecule has 0 aliphatic carbocycles. The Morgan fingerprint density at radius 3 is 2.67 bits per heavy atom. The van der Waals surface area contributed by atoms with Gasteiger partial charge in [0.2, 0.25) is 0 Å². The van der Waals surface area contributed by atoms with Gasteiger partial charge in [-0.05, 0) is 28.1 Å². The molecule has 84 valence electrons. The Bertz CT molecular complexity index is 453. The molecule has 1 aromatic rings. The highest BCUT2D eigenvalue weighted by atomic mass is 79.9. The van der Waals surface area contributed by atoms with Gasteiger partial charge < -0.3 is 0 Å². The average molecular weight is 311 g/mol. The van der Waals surface area contributed by atoms with Gasteiger partial charge in [-0.25, -0.2) is 0 Å². The third kappa shape index (κ3) is 2.59. The maximum atomic E-state index is 11.7. The van der Waals surface area contributed by atoms with Crippen LogP contribution in [0, 0.1) is 0 Å². The first kappa shape index (κ1) is 11.5. The van der Waals surface area contributed by atoms with E-state index in [1.807, 2.05) is 12.1 Å². The maximum Gasteiger partial charge on any atom is 0.282 e. The summed E-state index contributed by atoms with van der Waals surface area (Å²) in [5, 5.41) is 0. The minimum atomic E-state index is -3.20. The fourth-order valence-electron chi connectivity index (χ4n) is 1.21. The van der Waals surface area contributed by atoms with Crippen LogP contribution in [-0.2, 0) is 16.8 Å².